The fourth-order valence-corrected chi connectivity index (χ4v) is 2.62. The van der Waals surface area contributed by atoms with E-state index in [1.807, 2.05) is 42.3 Å². The van der Waals surface area contributed by atoms with Crippen LogP contribution < -0.4 is 10.2 Å². The normalized spacial score (nSPS) is 10.4. The molecule has 2 aromatic carbocycles. The Balaban J connectivity index is 1.56. The summed E-state index contributed by atoms with van der Waals surface area (Å²) in [5.41, 5.74) is 2.60. The minimum absolute atomic E-state index is 0.163. The van der Waals surface area contributed by atoms with Crippen LogP contribution in [0, 0.1) is 5.82 Å². The molecule has 4 nitrogen and oxygen atoms in total. The Morgan fingerprint density at radius 3 is 2.38 bits per heavy atom. The number of carbonyl (C=O) groups excluding carboxylic acids is 1. The van der Waals surface area contributed by atoms with Crippen LogP contribution in [0.15, 0.2) is 72.9 Å². The highest BCUT2D eigenvalue weighted by Gasteiger charge is 2.07. The number of hydrogen-bond acceptors (Lipinski definition) is 3. The minimum Gasteiger partial charge on any atom is -0.355 e. The molecule has 3 rings (SSSR count). The molecule has 0 spiro atoms. The van der Waals surface area contributed by atoms with E-state index >= 15 is 0 Å². The van der Waals surface area contributed by atoms with E-state index in [0.29, 0.717) is 5.69 Å². The average Bonchev–Trinajstić information content (AvgIpc) is 2.65. The van der Waals surface area contributed by atoms with Gasteiger partial charge < -0.3 is 10.2 Å². The molecule has 1 heterocycles. The summed E-state index contributed by atoms with van der Waals surface area (Å²) in [6.07, 6.45) is 1.83. The Labute approximate surface area is 152 Å². The number of nitrogens with one attached hydrogen (secondary N) is 1. The number of hydrogen-bond donors (Lipinski definition) is 1. The van der Waals surface area contributed by atoms with E-state index in [-0.39, 0.29) is 18.1 Å². The van der Waals surface area contributed by atoms with Crippen LogP contribution in [-0.2, 0) is 17.8 Å². The first-order chi connectivity index (χ1) is 12.6. The van der Waals surface area contributed by atoms with E-state index in [9.17, 15) is 9.18 Å². The van der Waals surface area contributed by atoms with Crippen molar-refractivity contribution in [1.82, 2.24) is 4.98 Å². The number of pyridine rings is 1. The quantitative estimate of drug-likeness (QED) is 0.730. The molecule has 0 aliphatic carbocycles. The average molecular weight is 349 g/mol. The number of rotatable bonds is 6. The first kappa shape index (κ1) is 17.6. The van der Waals surface area contributed by atoms with Gasteiger partial charge in [-0.1, -0.05) is 42.5 Å². The van der Waals surface area contributed by atoms with Gasteiger partial charge in [-0.05, 0) is 35.4 Å². The lowest BCUT2D eigenvalue weighted by atomic mass is 10.1. The van der Waals surface area contributed by atoms with Gasteiger partial charge in [-0.15, -0.1) is 0 Å². The number of aromatic nitrogens is 1. The molecule has 0 unspecified atom stereocenters. The molecule has 0 radical (unpaired) electrons. The van der Waals surface area contributed by atoms with Gasteiger partial charge in [-0.2, -0.15) is 0 Å². The summed E-state index contributed by atoms with van der Waals surface area (Å²) in [4.78, 5) is 18.5. The first-order valence-electron chi connectivity index (χ1n) is 8.35. The zero-order chi connectivity index (χ0) is 18.4. The largest absolute Gasteiger partial charge is 0.355 e. The Kier molecular flexibility index (Phi) is 5.59. The summed E-state index contributed by atoms with van der Waals surface area (Å²) in [5, 5.41) is 2.81. The lowest BCUT2D eigenvalue weighted by molar-refractivity contribution is -0.115. The zero-order valence-electron chi connectivity index (χ0n) is 14.5. The molecule has 3 aromatic rings. The highest BCUT2D eigenvalue weighted by atomic mass is 19.1. The molecule has 0 fully saturated rings. The summed E-state index contributed by atoms with van der Waals surface area (Å²) in [5.74, 6) is 0.350. The summed E-state index contributed by atoms with van der Waals surface area (Å²) in [6, 6.07) is 19.8. The fraction of sp³-hybridized carbons (Fsp3) is 0.143. The fourth-order valence-electron chi connectivity index (χ4n) is 2.62. The second-order valence-electron chi connectivity index (χ2n) is 6.10. The van der Waals surface area contributed by atoms with E-state index in [0.717, 1.165) is 17.9 Å². The van der Waals surface area contributed by atoms with Gasteiger partial charge in [0.1, 0.15) is 11.6 Å². The Morgan fingerprint density at radius 1 is 1.00 bits per heavy atom. The van der Waals surface area contributed by atoms with E-state index in [1.54, 1.807) is 18.3 Å². The molecule has 0 saturated carbocycles. The number of amides is 1. The lowest BCUT2D eigenvalue weighted by Gasteiger charge is -2.18. The summed E-state index contributed by atoms with van der Waals surface area (Å²) in [6.45, 7) is 0.754. The number of anilines is 2. The van der Waals surface area contributed by atoms with Crippen molar-refractivity contribution < 1.29 is 9.18 Å². The third-order valence-electron chi connectivity index (χ3n) is 3.96. The maximum Gasteiger partial charge on any atom is 0.228 e. The Morgan fingerprint density at radius 2 is 1.73 bits per heavy atom. The number of benzene rings is 2. The highest BCUT2D eigenvalue weighted by Crippen LogP contribution is 2.16. The van der Waals surface area contributed by atoms with Gasteiger partial charge in [-0.25, -0.2) is 9.37 Å². The van der Waals surface area contributed by atoms with Crippen LogP contribution in [0.1, 0.15) is 11.1 Å². The van der Waals surface area contributed by atoms with Crippen LogP contribution in [0.4, 0.5) is 15.9 Å². The third kappa shape index (κ3) is 4.89. The van der Waals surface area contributed by atoms with E-state index < -0.39 is 0 Å². The maximum atomic E-state index is 12.9. The third-order valence-corrected chi connectivity index (χ3v) is 3.96. The summed E-state index contributed by atoms with van der Waals surface area (Å²) >= 11 is 0. The van der Waals surface area contributed by atoms with Crippen LogP contribution in [0.5, 0.6) is 0 Å². The van der Waals surface area contributed by atoms with Gasteiger partial charge in [-0.3, -0.25) is 4.79 Å². The van der Waals surface area contributed by atoms with E-state index in [2.05, 4.69) is 22.4 Å². The second kappa shape index (κ2) is 8.25. The number of halogens is 1. The van der Waals surface area contributed by atoms with Gasteiger partial charge in [0.25, 0.3) is 0 Å². The van der Waals surface area contributed by atoms with E-state index in [1.165, 1.54) is 17.7 Å². The molecule has 0 atom stereocenters. The van der Waals surface area contributed by atoms with Gasteiger partial charge in [0.2, 0.25) is 5.91 Å². The van der Waals surface area contributed by atoms with Gasteiger partial charge >= 0.3 is 0 Å². The Hall–Kier alpha value is -3.21. The number of carbonyl (C=O) groups is 1. The summed E-state index contributed by atoms with van der Waals surface area (Å²) in [7, 11) is 1.97. The topological polar surface area (TPSA) is 45.2 Å². The van der Waals surface area contributed by atoms with Crippen LogP contribution in [0.3, 0.4) is 0 Å². The molecule has 0 bridgehead atoms. The molecule has 0 aliphatic rings. The molecule has 0 aliphatic heterocycles. The molecule has 1 aromatic heterocycles. The van der Waals surface area contributed by atoms with Crippen molar-refractivity contribution >= 4 is 17.4 Å². The number of nitrogens with zero attached hydrogens (tertiary/aromatic N) is 2. The minimum atomic E-state index is -0.312. The Bertz CT molecular complexity index is 849. The van der Waals surface area contributed by atoms with Crippen molar-refractivity contribution in [3.63, 3.8) is 0 Å². The van der Waals surface area contributed by atoms with Crippen molar-refractivity contribution in [2.24, 2.45) is 0 Å². The highest BCUT2D eigenvalue weighted by molar-refractivity contribution is 5.92. The van der Waals surface area contributed by atoms with Crippen LogP contribution in [0.2, 0.25) is 0 Å². The predicted molar refractivity (Wildman–Crippen MR) is 102 cm³/mol. The second-order valence-corrected chi connectivity index (χ2v) is 6.10. The van der Waals surface area contributed by atoms with Crippen LogP contribution in [0.25, 0.3) is 0 Å². The summed E-state index contributed by atoms with van der Waals surface area (Å²) < 4.78 is 12.9. The van der Waals surface area contributed by atoms with Crippen molar-refractivity contribution in [2.45, 2.75) is 13.0 Å². The van der Waals surface area contributed by atoms with Crippen LogP contribution in [-0.4, -0.2) is 17.9 Å². The van der Waals surface area contributed by atoms with Crippen molar-refractivity contribution in [3.05, 3.63) is 89.9 Å². The monoisotopic (exact) mass is 349 g/mol. The van der Waals surface area contributed by atoms with Gasteiger partial charge in [0.05, 0.1) is 18.3 Å². The molecule has 132 valence electrons. The van der Waals surface area contributed by atoms with Gasteiger partial charge in [0, 0.05) is 13.6 Å². The molecular formula is C21H20FN3O. The predicted octanol–water partition coefficient (Wildman–Crippen LogP) is 4.04. The van der Waals surface area contributed by atoms with Crippen molar-refractivity contribution in [2.75, 3.05) is 17.3 Å². The smallest absolute Gasteiger partial charge is 0.228 e. The zero-order valence-corrected chi connectivity index (χ0v) is 14.5. The molecule has 1 N–H and O–H groups in total. The van der Waals surface area contributed by atoms with Crippen LogP contribution >= 0.6 is 0 Å². The van der Waals surface area contributed by atoms with Crippen molar-refractivity contribution in [3.8, 4) is 0 Å². The lowest BCUT2D eigenvalue weighted by Crippen LogP contribution is -2.18. The first-order valence-corrected chi connectivity index (χ1v) is 8.35. The molecule has 1 amide bonds. The van der Waals surface area contributed by atoms with Gasteiger partial charge in [0.15, 0.2) is 0 Å². The SMILES string of the molecule is CN(Cc1ccccc1)c1ccc(NC(=O)Cc2ccc(F)cc2)cn1. The molecular weight excluding hydrogens is 329 g/mol. The maximum absolute atomic E-state index is 12.9. The standard InChI is InChI=1S/C21H20FN3O/c1-25(15-17-5-3-2-4-6-17)20-12-11-19(14-23-20)24-21(26)13-16-7-9-18(22)10-8-16/h2-12,14H,13,15H2,1H3,(H,24,26). The molecule has 26 heavy (non-hydrogen) atoms. The van der Waals surface area contributed by atoms with Crippen molar-refractivity contribution in [1.29, 1.82) is 0 Å². The molecule has 5 heteroatoms. The van der Waals surface area contributed by atoms with E-state index in [4.69, 9.17) is 0 Å². The molecule has 0 saturated heterocycles.